The van der Waals surface area contributed by atoms with Gasteiger partial charge in [0.25, 0.3) is 5.91 Å². The summed E-state index contributed by atoms with van der Waals surface area (Å²) in [5, 5.41) is 0.860. The molecule has 0 saturated carbocycles. The fourth-order valence-corrected chi connectivity index (χ4v) is 3.06. The third kappa shape index (κ3) is 6.96. The number of ether oxygens (including phenoxy) is 1. The van der Waals surface area contributed by atoms with Crippen molar-refractivity contribution in [2.24, 2.45) is 0 Å². The van der Waals surface area contributed by atoms with Crippen molar-refractivity contribution in [2.75, 3.05) is 19.6 Å². The van der Waals surface area contributed by atoms with E-state index in [9.17, 15) is 9.59 Å². The second-order valence-electron chi connectivity index (χ2n) is 6.31. The molecule has 142 valence electrons. The summed E-state index contributed by atoms with van der Waals surface area (Å²) in [5.74, 6) is -0.675. The number of amides is 2. The van der Waals surface area contributed by atoms with Crippen molar-refractivity contribution in [3.63, 3.8) is 0 Å². The highest BCUT2D eigenvalue weighted by Crippen LogP contribution is 2.23. The summed E-state index contributed by atoms with van der Waals surface area (Å²) >= 11 is 11.7. The Hall–Kier alpha value is -1.60. The van der Waals surface area contributed by atoms with Crippen molar-refractivity contribution in [1.82, 2.24) is 15.8 Å². The Balaban J connectivity index is 1.70. The van der Waals surface area contributed by atoms with Crippen LogP contribution in [0, 0.1) is 0 Å². The number of carbonyl (C=O) groups is 2. The molecule has 1 aromatic rings. The number of nitrogens with zero attached hydrogens (tertiary/aromatic N) is 1. The standard InChI is InChI=1S/C18H23Cl2N3O3/c1-12-10-23(11-13(2)26-12)8-7-18(25)22-21-17(24)6-4-14-3-5-15(19)16(20)9-14/h3-6,9,12-13H,7-8,10-11H2,1-2H3,(H,21,24)(H,22,25)/b6-4+/t12-,13+. The van der Waals surface area contributed by atoms with E-state index in [2.05, 4.69) is 15.8 Å². The topological polar surface area (TPSA) is 70.7 Å². The normalized spacial score (nSPS) is 20.9. The second-order valence-corrected chi connectivity index (χ2v) is 7.13. The lowest BCUT2D eigenvalue weighted by molar-refractivity contribution is -0.127. The van der Waals surface area contributed by atoms with E-state index in [0.717, 1.165) is 18.7 Å². The Labute approximate surface area is 163 Å². The average molecular weight is 400 g/mol. The van der Waals surface area contributed by atoms with Crippen LogP contribution < -0.4 is 10.9 Å². The Morgan fingerprint density at radius 2 is 1.88 bits per heavy atom. The molecule has 1 fully saturated rings. The first-order chi connectivity index (χ1) is 12.3. The van der Waals surface area contributed by atoms with Gasteiger partial charge in [-0.3, -0.25) is 25.3 Å². The van der Waals surface area contributed by atoms with Crippen LogP contribution in [0.3, 0.4) is 0 Å². The lowest BCUT2D eigenvalue weighted by Gasteiger charge is -2.35. The molecular weight excluding hydrogens is 377 g/mol. The van der Waals surface area contributed by atoms with Gasteiger partial charge in [0, 0.05) is 32.1 Å². The van der Waals surface area contributed by atoms with Crippen molar-refractivity contribution < 1.29 is 14.3 Å². The molecule has 1 aromatic carbocycles. The monoisotopic (exact) mass is 399 g/mol. The van der Waals surface area contributed by atoms with Crippen molar-refractivity contribution in [3.8, 4) is 0 Å². The quantitative estimate of drug-likeness (QED) is 0.589. The van der Waals surface area contributed by atoms with Gasteiger partial charge < -0.3 is 4.74 Å². The molecule has 2 rings (SSSR count). The van der Waals surface area contributed by atoms with Crippen LogP contribution in [-0.2, 0) is 14.3 Å². The zero-order chi connectivity index (χ0) is 19.1. The number of rotatable bonds is 5. The van der Waals surface area contributed by atoms with Crippen molar-refractivity contribution >= 4 is 41.1 Å². The number of hydrazine groups is 1. The van der Waals surface area contributed by atoms with Crippen molar-refractivity contribution in [2.45, 2.75) is 32.5 Å². The van der Waals surface area contributed by atoms with Gasteiger partial charge in [-0.25, -0.2) is 0 Å². The molecular formula is C18H23Cl2N3O3. The minimum atomic E-state index is -0.432. The molecule has 1 aliphatic heterocycles. The maximum absolute atomic E-state index is 11.9. The SMILES string of the molecule is C[C@@H]1CN(CCC(=O)NNC(=O)/C=C/c2ccc(Cl)c(Cl)c2)C[C@H](C)O1. The summed E-state index contributed by atoms with van der Waals surface area (Å²) in [6.07, 6.45) is 3.52. The van der Waals surface area contributed by atoms with E-state index in [1.165, 1.54) is 6.08 Å². The molecule has 2 N–H and O–H groups in total. The van der Waals surface area contributed by atoms with E-state index in [1.807, 2.05) is 13.8 Å². The summed E-state index contributed by atoms with van der Waals surface area (Å²) in [7, 11) is 0. The van der Waals surface area contributed by atoms with E-state index in [4.69, 9.17) is 27.9 Å². The number of carbonyl (C=O) groups excluding carboxylic acids is 2. The molecule has 0 radical (unpaired) electrons. The lowest BCUT2D eigenvalue weighted by atomic mass is 10.2. The van der Waals surface area contributed by atoms with Gasteiger partial charge in [-0.05, 0) is 37.6 Å². The van der Waals surface area contributed by atoms with Gasteiger partial charge in [-0.2, -0.15) is 0 Å². The van der Waals surface area contributed by atoms with Crippen molar-refractivity contribution in [1.29, 1.82) is 0 Å². The molecule has 8 heteroatoms. The van der Waals surface area contributed by atoms with Crippen LogP contribution in [0.25, 0.3) is 6.08 Å². The predicted molar refractivity (Wildman–Crippen MR) is 103 cm³/mol. The minimum absolute atomic E-state index is 0.160. The van der Waals surface area contributed by atoms with Crippen LogP contribution in [0.4, 0.5) is 0 Å². The largest absolute Gasteiger partial charge is 0.373 e. The van der Waals surface area contributed by atoms with Gasteiger partial charge in [0.1, 0.15) is 0 Å². The maximum Gasteiger partial charge on any atom is 0.262 e. The van der Waals surface area contributed by atoms with Gasteiger partial charge >= 0.3 is 0 Å². The zero-order valence-corrected chi connectivity index (χ0v) is 16.3. The first-order valence-corrected chi connectivity index (χ1v) is 9.19. The molecule has 2 atom stereocenters. The number of hydrogen-bond donors (Lipinski definition) is 2. The van der Waals surface area contributed by atoms with Gasteiger partial charge in [0.15, 0.2) is 0 Å². The molecule has 0 aromatic heterocycles. The molecule has 1 saturated heterocycles. The fourth-order valence-electron chi connectivity index (χ4n) is 2.75. The van der Waals surface area contributed by atoms with Crippen molar-refractivity contribution in [3.05, 3.63) is 39.9 Å². The van der Waals surface area contributed by atoms with E-state index in [-0.39, 0.29) is 18.1 Å². The summed E-state index contributed by atoms with van der Waals surface area (Å²) in [4.78, 5) is 25.8. The summed E-state index contributed by atoms with van der Waals surface area (Å²) < 4.78 is 5.66. The van der Waals surface area contributed by atoms with Crippen LogP contribution in [-0.4, -0.2) is 48.6 Å². The molecule has 26 heavy (non-hydrogen) atoms. The Bertz CT molecular complexity index is 672. The van der Waals surface area contributed by atoms with E-state index >= 15 is 0 Å². The van der Waals surface area contributed by atoms with E-state index in [0.29, 0.717) is 23.0 Å². The first kappa shape index (κ1) is 20.7. The van der Waals surface area contributed by atoms with E-state index in [1.54, 1.807) is 24.3 Å². The van der Waals surface area contributed by atoms with Crippen LogP contribution in [0.5, 0.6) is 0 Å². The van der Waals surface area contributed by atoms with Gasteiger partial charge in [0.05, 0.1) is 22.3 Å². The van der Waals surface area contributed by atoms with E-state index < -0.39 is 5.91 Å². The second kappa shape index (κ2) is 9.92. The van der Waals surface area contributed by atoms with Gasteiger partial charge in [-0.1, -0.05) is 29.3 Å². The number of hydrogen-bond acceptors (Lipinski definition) is 4. The fraction of sp³-hybridized carbons (Fsp3) is 0.444. The Kier molecular flexibility index (Phi) is 7.90. The zero-order valence-electron chi connectivity index (χ0n) is 14.8. The average Bonchev–Trinajstić information content (AvgIpc) is 2.58. The van der Waals surface area contributed by atoms with Crippen LogP contribution in [0.15, 0.2) is 24.3 Å². The molecule has 1 heterocycles. The minimum Gasteiger partial charge on any atom is -0.373 e. The molecule has 6 nitrogen and oxygen atoms in total. The molecule has 0 aliphatic carbocycles. The number of halogens is 2. The first-order valence-electron chi connectivity index (χ1n) is 8.43. The maximum atomic E-state index is 11.9. The van der Waals surface area contributed by atoms with Crippen LogP contribution in [0.1, 0.15) is 25.8 Å². The number of benzene rings is 1. The Morgan fingerprint density at radius 3 is 2.54 bits per heavy atom. The summed E-state index contributed by atoms with van der Waals surface area (Å²) in [5.41, 5.74) is 5.50. The third-order valence-corrected chi connectivity index (χ3v) is 4.59. The molecule has 0 bridgehead atoms. The predicted octanol–water partition coefficient (Wildman–Crippen LogP) is 2.65. The van der Waals surface area contributed by atoms with Gasteiger partial charge in [0.2, 0.25) is 5.91 Å². The molecule has 1 aliphatic rings. The third-order valence-electron chi connectivity index (χ3n) is 3.85. The highest BCUT2D eigenvalue weighted by Gasteiger charge is 2.22. The lowest BCUT2D eigenvalue weighted by Crippen LogP contribution is -2.47. The number of morpholine rings is 1. The molecule has 2 amide bonds. The summed E-state index contributed by atoms with van der Waals surface area (Å²) in [6.45, 7) is 6.26. The van der Waals surface area contributed by atoms with Gasteiger partial charge in [-0.15, -0.1) is 0 Å². The van der Waals surface area contributed by atoms with Crippen LogP contribution in [0.2, 0.25) is 10.0 Å². The summed E-state index contributed by atoms with van der Waals surface area (Å²) in [6, 6.07) is 5.04. The number of nitrogens with one attached hydrogen (secondary N) is 2. The molecule has 0 spiro atoms. The van der Waals surface area contributed by atoms with Crippen LogP contribution >= 0.6 is 23.2 Å². The Morgan fingerprint density at radius 1 is 1.19 bits per heavy atom. The highest BCUT2D eigenvalue weighted by atomic mass is 35.5. The smallest absolute Gasteiger partial charge is 0.262 e. The molecule has 0 unspecified atom stereocenters. The highest BCUT2D eigenvalue weighted by molar-refractivity contribution is 6.42.